The molecule has 3 N–H and O–H groups in total. The van der Waals surface area contributed by atoms with Crippen molar-refractivity contribution in [2.24, 2.45) is 0 Å². The summed E-state index contributed by atoms with van der Waals surface area (Å²) in [6.45, 7) is 3.27. The van der Waals surface area contributed by atoms with Crippen LogP contribution in [0.3, 0.4) is 0 Å². The van der Waals surface area contributed by atoms with Crippen molar-refractivity contribution >= 4 is 29.2 Å². The van der Waals surface area contributed by atoms with Gasteiger partial charge in [0, 0.05) is 25.6 Å². The number of amides is 2. The molecule has 1 unspecified atom stereocenters. The molecule has 0 radical (unpaired) electrons. The third-order valence-electron chi connectivity index (χ3n) is 3.22. The first-order valence-corrected chi connectivity index (χ1v) is 7.46. The highest BCUT2D eigenvalue weighted by molar-refractivity contribution is 6.33. The minimum atomic E-state index is -0.318. The predicted molar refractivity (Wildman–Crippen MR) is 81.5 cm³/mol. The number of carbonyl (C=O) groups excluding carboxylic acids is 2. The van der Waals surface area contributed by atoms with Gasteiger partial charge in [0.25, 0.3) is 5.91 Å². The second kappa shape index (κ2) is 7.26. The molecule has 0 saturated carbocycles. The Kier molecular flexibility index (Phi) is 5.38. The lowest BCUT2D eigenvalue weighted by molar-refractivity contribution is -0.122. The number of hydrogen-bond donors (Lipinski definition) is 3. The number of aromatic nitrogens is 1. The first kappa shape index (κ1) is 15.6. The average Bonchev–Trinajstić information content (AvgIpc) is 2.48. The number of halogens is 1. The van der Waals surface area contributed by atoms with E-state index in [1.165, 1.54) is 0 Å². The lowest BCUT2D eigenvalue weighted by Gasteiger charge is -2.23. The van der Waals surface area contributed by atoms with Gasteiger partial charge in [-0.15, -0.1) is 0 Å². The molecule has 1 atom stereocenters. The third kappa shape index (κ3) is 4.32. The van der Waals surface area contributed by atoms with Crippen LogP contribution in [0.4, 0.5) is 5.82 Å². The molecule has 1 aromatic heterocycles. The number of nitrogens with one attached hydrogen (secondary N) is 3. The quantitative estimate of drug-likeness (QED) is 0.771. The predicted octanol–water partition coefficient (Wildman–Crippen LogP) is 1.57. The SMILES string of the molecule is CCCNc1ccc(Cl)c(C(=O)NC2CCC(=O)NC2)n1. The van der Waals surface area contributed by atoms with Crippen LogP contribution in [-0.4, -0.2) is 35.9 Å². The number of anilines is 1. The number of hydrogen-bond acceptors (Lipinski definition) is 4. The molecule has 1 aromatic rings. The molecule has 1 saturated heterocycles. The third-order valence-corrected chi connectivity index (χ3v) is 3.52. The van der Waals surface area contributed by atoms with E-state index in [1.807, 2.05) is 6.92 Å². The molecule has 0 spiro atoms. The molecule has 114 valence electrons. The minimum Gasteiger partial charge on any atom is -0.370 e. The molecule has 6 nitrogen and oxygen atoms in total. The van der Waals surface area contributed by atoms with E-state index in [9.17, 15) is 9.59 Å². The zero-order valence-electron chi connectivity index (χ0n) is 11.9. The van der Waals surface area contributed by atoms with Gasteiger partial charge in [0.2, 0.25) is 5.91 Å². The van der Waals surface area contributed by atoms with E-state index < -0.39 is 0 Å². The van der Waals surface area contributed by atoms with E-state index in [1.54, 1.807) is 12.1 Å². The molecule has 7 heteroatoms. The van der Waals surface area contributed by atoms with Gasteiger partial charge in [-0.1, -0.05) is 18.5 Å². The Hall–Kier alpha value is -1.82. The van der Waals surface area contributed by atoms with Crippen molar-refractivity contribution in [2.75, 3.05) is 18.4 Å². The maximum absolute atomic E-state index is 12.2. The summed E-state index contributed by atoms with van der Waals surface area (Å²) >= 11 is 6.05. The van der Waals surface area contributed by atoms with Crippen LogP contribution in [0.15, 0.2) is 12.1 Å². The Morgan fingerprint density at radius 1 is 1.52 bits per heavy atom. The highest BCUT2D eigenvalue weighted by Gasteiger charge is 2.22. The summed E-state index contributed by atoms with van der Waals surface area (Å²) in [6, 6.07) is 3.32. The monoisotopic (exact) mass is 310 g/mol. The van der Waals surface area contributed by atoms with Gasteiger partial charge in [-0.25, -0.2) is 4.98 Å². The molecule has 1 fully saturated rings. The Labute approximate surface area is 128 Å². The maximum Gasteiger partial charge on any atom is 0.271 e. The van der Waals surface area contributed by atoms with Gasteiger partial charge in [-0.05, 0) is 25.0 Å². The van der Waals surface area contributed by atoms with E-state index in [0.717, 1.165) is 13.0 Å². The molecular weight excluding hydrogens is 292 g/mol. The van der Waals surface area contributed by atoms with Crippen LogP contribution in [0.25, 0.3) is 0 Å². The molecule has 2 rings (SSSR count). The summed E-state index contributed by atoms with van der Waals surface area (Å²) in [5.74, 6) is 0.326. The van der Waals surface area contributed by atoms with Crippen molar-refractivity contribution < 1.29 is 9.59 Å². The molecule has 0 bridgehead atoms. The molecular formula is C14H19ClN4O2. The van der Waals surface area contributed by atoms with Gasteiger partial charge in [0.1, 0.15) is 11.5 Å². The van der Waals surface area contributed by atoms with Gasteiger partial charge < -0.3 is 16.0 Å². The van der Waals surface area contributed by atoms with Crippen LogP contribution in [0.1, 0.15) is 36.7 Å². The molecule has 1 aliphatic heterocycles. The Bertz CT molecular complexity index is 526. The number of nitrogens with zero attached hydrogens (tertiary/aromatic N) is 1. The van der Waals surface area contributed by atoms with Gasteiger partial charge >= 0.3 is 0 Å². The largest absolute Gasteiger partial charge is 0.370 e. The fraction of sp³-hybridized carbons (Fsp3) is 0.500. The highest BCUT2D eigenvalue weighted by Crippen LogP contribution is 2.17. The molecule has 1 aliphatic rings. The number of piperidine rings is 1. The van der Waals surface area contributed by atoms with E-state index in [2.05, 4.69) is 20.9 Å². The van der Waals surface area contributed by atoms with E-state index in [-0.39, 0.29) is 23.6 Å². The summed E-state index contributed by atoms with van der Waals surface area (Å²) in [4.78, 5) is 27.6. The second-order valence-electron chi connectivity index (χ2n) is 4.97. The summed E-state index contributed by atoms with van der Waals surface area (Å²) in [6.07, 6.45) is 2.01. The van der Waals surface area contributed by atoms with Crippen LogP contribution in [0.5, 0.6) is 0 Å². The molecule has 2 amide bonds. The van der Waals surface area contributed by atoms with Crippen LogP contribution < -0.4 is 16.0 Å². The maximum atomic E-state index is 12.2. The number of carbonyl (C=O) groups is 2. The summed E-state index contributed by atoms with van der Waals surface area (Å²) in [5, 5.41) is 9.01. The lowest BCUT2D eigenvalue weighted by atomic mass is 10.1. The molecule has 21 heavy (non-hydrogen) atoms. The smallest absolute Gasteiger partial charge is 0.271 e. The van der Waals surface area contributed by atoms with E-state index >= 15 is 0 Å². The standard InChI is InChI=1S/C14H19ClN4O2/c1-2-7-16-11-5-4-10(15)13(19-11)14(21)18-9-3-6-12(20)17-8-9/h4-5,9H,2-3,6-8H2,1H3,(H,16,19)(H,17,20)(H,18,21). The van der Waals surface area contributed by atoms with Crippen molar-refractivity contribution in [1.29, 1.82) is 0 Å². The summed E-state index contributed by atoms with van der Waals surface area (Å²) in [5.41, 5.74) is 0.203. The lowest BCUT2D eigenvalue weighted by Crippen LogP contribution is -2.47. The first-order chi connectivity index (χ1) is 10.1. The van der Waals surface area contributed by atoms with Crippen LogP contribution in [-0.2, 0) is 4.79 Å². The normalized spacial score (nSPS) is 18.0. The Morgan fingerprint density at radius 3 is 3.00 bits per heavy atom. The van der Waals surface area contributed by atoms with Crippen LogP contribution in [0, 0.1) is 0 Å². The highest BCUT2D eigenvalue weighted by atomic mass is 35.5. The van der Waals surface area contributed by atoms with Crippen molar-refractivity contribution in [2.45, 2.75) is 32.2 Å². The Balaban J connectivity index is 2.02. The zero-order chi connectivity index (χ0) is 15.2. The van der Waals surface area contributed by atoms with Crippen LogP contribution >= 0.6 is 11.6 Å². The zero-order valence-corrected chi connectivity index (χ0v) is 12.7. The van der Waals surface area contributed by atoms with Crippen molar-refractivity contribution in [3.63, 3.8) is 0 Å². The topological polar surface area (TPSA) is 83.1 Å². The van der Waals surface area contributed by atoms with Crippen molar-refractivity contribution in [3.05, 3.63) is 22.8 Å². The minimum absolute atomic E-state index is 0.0161. The average molecular weight is 311 g/mol. The van der Waals surface area contributed by atoms with Gasteiger partial charge in [0.05, 0.1) is 5.02 Å². The summed E-state index contributed by atoms with van der Waals surface area (Å²) < 4.78 is 0. The van der Waals surface area contributed by atoms with Crippen molar-refractivity contribution in [3.8, 4) is 0 Å². The molecule has 0 aromatic carbocycles. The molecule has 2 heterocycles. The van der Waals surface area contributed by atoms with Crippen molar-refractivity contribution in [1.82, 2.24) is 15.6 Å². The Morgan fingerprint density at radius 2 is 2.33 bits per heavy atom. The number of pyridine rings is 1. The second-order valence-corrected chi connectivity index (χ2v) is 5.37. The first-order valence-electron chi connectivity index (χ1n) is 7.08. The van der Waals surface area contributed by atoms with Gasteiger partial charge in [-0.2, -0.15) is 0 Å². The number of rotatable bonds is 5. The summed E-state index contributed by atoms with van der Waals surface area (Å²) in [7, 11) is 0. The van der Waals surface area contributed by atoms with Gasteiger partial charge in [0.15, 0.2) is 0 Å². The van der Waals surface area contributed by atoms with Gasteiger partial charge in [-0.3, -0.25) is 9.59 Å². The van der Waals surface area contributed by atoms with E-state index in [4.69, 9.17) is 11.6 Å². The van der Waals surface area contributed by atoms with Crippen LogP contribution in [0.2, 0.25) is 5.02 Å². The molecule has 0 aliphatic carbocycles. The fourth-order valence-electron chi connectivity index (χ4n) is 2.06. The van der Waals surface area contributed by atoms with E-state index in [0.29, 0.717) is 30.2 Å². The fourth-order valence-corrected chi connectivity index (χ4v) is 2.25.